The van der Waals surface area contributed by atoms with Gasteiger partial charge in [0.25, 0.3) is 0 Å². The average Bonchev–Trinajstić information content (AvgIpc) is 2.64. The van der Waals surface area contributed by atoms with Gasteiger partial charge in [-0.2, -0.15) is 5.10 Å². The number of aromatic nitrogens is 2. The molecule has 0 aliphatic heterocycles. The Balaban J connectivity index is 2.48. The summed E-state index contributed by atoms with van der Waals surface area (Å²) in [7, 11) is 0. The number of hydrogen-bond acceptors (Lipinski definition) is 3. The van der Waals surface area contributed by atoms with Gasteiger partial charge in [-0.3, -0.25) is 4.68 Å². The molecule has 1 unspecified atom stereocenters. The Morgan fingerprint density at radius 3 is 2.56 bits per heavy atom. The minimum atomic E-state index is -0.696. The molecule has 104 valence electrons. The quantitative estimate of drug-likeness (QED) is 0.783. The predicted molar refractivity (Wildman–Crippen MR) is 74.7 cm³/mol. The molecule has 1 rings (SSSR count). The van der Waals surface area contributed by atoms with Crippen LogP contribution in [0.25, 0.3) is 0 Å². The summed E-state index contributed by atoms with van der Waals surface area (Å²) in [6.07, 6.45) is 3.31. The molecule has 0 aliphatic carbocycles. The Morgan fingerprint density at radius 1 is 1.39 bits per heavy atom. The second-order valence-electron chi connectivity index (χ2n) is 5.91. The molecule has 0 radical (unpaired) electrons. The molecule has 0 bridgehead atoms. The van der Waals surface area contributed by atoms with E-state index in [-0.39, 0.29) is 0 Å². The maximum absolute atomic E-state index is 10.3. The van der Waals surface area contributed by atoms with E-state index in [1.807, 2.05) is 23.9 Å². The molecule has 4 nitrogen and oxygen atoms in total. The third kappa shape index (κ3) is 5.19. The first kappa shape index (κ1) is 15.2. The van der Waals surface area contributed by atoms with Gasteiger partial charge in [0.1, 0.15) is 0 Å². The van der Waals surface area contributed by atoms with Gasteiger partial charge in [-0.25, -0.2) is 0 Å². The van der Waals surface area contributed by atoms with E-state index in [9.17, 15) is 5.11 Å². The molecule has 0 fully saturated rings. The van der Waals surface area contributed by atoms with Crippen LogP contribution in [0.1, 0.15) is 52.8 Å². The molecule has 1 heterocycles. The summed E-state index contributed by atoms with van der Waals surface area (Å²) >= 11 is 0. The SMILES string of the molecule is CC(C)NCCC(C)(O)Cc1ccn(C(C)C)n1. The van der Waals surface area contributed by atoms with Crippen molar-refractivity contribution >= 4 is 0 Å². The highest BCUT2D eigenvalue weighted by Gasteiger charge is 2.22. The van der Waals surface area contributed by atoms with Crippen LogP contribution >= 0.6 is 0 Å². The molecule has 0 spiro atoms. The maximum Gasteiger partial charge on any atom is 0.0687 e. The first-order chi connectivity index (χ1) is 8.30. The number of nitrogens with zero attached hydrogens (tertiary/aromatic N) is 2. The fourth-order valence-electron chi connectivity index (χ4n) is 1.87. The number of nitrogens with one attached hydrogen (secondary N) is 1. The summed E-state index contributed by atoms with van der Waals surface area (Å²) in [5, 5.41) is 18.1. The zero-order valence-electron chi connectivity index (χ0n) is 12.3. The van der Waals surface area contributed by atoms with Crippen LogP contribution in [-0.4, -0.2) is 33.1 Å². The molecule has 1 aromatic rings. The smallest absolute Gasteiger partial charge is 0.0687 e. The first-order valence-electron chi connectivity index (χ1n) is 6.80. The lowest BCUT2D eigenvalue weighted by atomic mass is 9.96. The zero-order chi connectivity index (χ0) is 13.8. The molecule has 0 aromatic carbocycles. The Labute approximate surface area is 110 Å². The molecule has 1 aromatic heterocycles. The van der Waals surface area contributed by atoms with Gasteiger partial charge in [-0.05, 0) is 39.8 Å². The van der Waals surface area contributed by atoms with Crippen molar-refractivity contribution in [1.29, 1.82) is 0 Å². The van der Waals surface area contributed by atoms with E-state index in [0.717, 1.165) is 18.7 Å². The lowest BCUT2D eigenvalue weighted by molar-refractivity contribution is 0.0499. The minimum Gasteiger partial charge on any atom is -0.390 e. The third-order valence-corrected chi connectivity index (χ3v) is 2.97. The van der Waals surface area contributed by atoms with E-state index in [1.54, 1.807) is 0 Å². The van der Waals surface area contributed by atoms with Crippen LogP contribution in [0.4, 0.5) is 0 Å². The molecule has 1 atom stereocenters. The van der Waals surface area contributed by atoms with Crippen molar-refractivity contribution in [3.05, 3.63) is 18.0 Å². The van der Waals surface area contributed by atoms with Crippen LogP contribution in [0, 0.1) is 0 Å². The van der Waals surface area contributed by atoms with E-state index < -0.39 is 5.60 Å². The molecule has 0 saturated carbocycles. The second-order valence-corrected chi connectivity index (χ2v) is 5.91. The third-order valence-electron chi connectivity index (χ3n) is 2.97. The van der Waals surface area contributed by atoms with Gasteiger partial charge in [0, 0.05) is 24.7 Å². The van der Waals surface area contributed by atoms with E-state index in [1.165, 1.54) is 0 Å². The summed E-state index contributed by atoms with van der Waals surface area (Å²) in [6, 6.07) is 2.82. The van der Waals surface area contributed by atoms with E-state index in [4.69, 9.17) is 0 Å². The van der Waals surface area contributed by atoms with Crippen LogP contribution in [0.15, 0.2) is 12.3 Å². The lowest BCUT2D eigenvalue weighted by Crippen LogP contribution is -2.34. The Kier molecular flexibility index (Phi) is 5.35. The van der Waals surface area contributed by atoms with Gasteiger partial charge in [0.2, 0.25) is 0 Å². The summed E-state index contributed by atoms with van der Waals surface area (Å²) in [5.41, 5.74) is 0.260. The summed E-state index contributed by atoms with van der Waals surface area (Å²) in [4.78, 5) is 0. The molecule has 0 saturated heterocycles. The Bertz CT molecular complexity index is 356. The van der Waals surface area contributed by atoms with Crippen molar-refractivity contribution in [2.24, 2.45) is 0 Å². The Hall–Kier alpha value is -0.870. The largest absolute Gasteiger partial charge is 0.390 e. The van der Waals surface area contributed by atoms with Gasteiger partial charge in [-0.15, -0.1) is 0 Å². The van der Waals surface area contributed by atoms with Crippen molar-refractivity contribution in [1.82, 2.24) is 15.1 Å². The standard InChI is InChI=1S/C14H27N3O/c1-11(2)15-8-7-14(5,18)10-13-6-9-17(16-13)12(3)4/h6,9,11-12,15,18H,7-8,10H2,1-5H3. The highest BCUT2D eigenvalue weighted by Crippen LogP contribution is 2.16. The van der Waals surface area contributed by atoms with Crippen molar-refractivity contribution in [3.63, 3.8) is 0 Å². The van der Waals surface area contributed by atoms with Crippen molar-refractivity contribution in [3.8, 4) is 0 Å². The number of rotatable bonds is 7. The topological polar surface area (TPSA) is 50.1 Å². The van der Waals surface area contributed by atoms with Crippen molar-refractivity contribution in [2.45, 2.75) is 65.1 Å². The summed E-state index contributed by atoms with van der Waals surface area (Å²) in [5.74, 6) is 0. The molecule has 4 heteroatoms. The van der Waals surface area contributed by atoms with Gasteiger partial charge < -0.3 is 10.4 Å². The highest BCUT2D eigenvalue weighted by molar-refractivity contribution is 5.03. The van der Waals surface area contributed by atoms with Gasteiger partial charge in [0.15, 0.2) is 0 Å². The van der Waals surface area contributed by atoms with Crippen LogP contribution in [-0.2, 0) is 6.42 Å². The molecular formula is C14H27N3O. The molecule has 2 N–H and O–H groups in total. The van der Waals surface area contributed by atoms with Crippen LogP contribution in [0.2, 0.25) is 0 Å². The molecule has 18 heavy (non-hydrogen) atoms. The van der Waals surface area contributed by atoms with E-state index >= 15 is 0 Å². The first-order valence-corrected chi connectivity index (χ1v) is 6.80. The van der Waals surface area contributed by atoms with Crippen molar-refractivity contribution in [2.75, 3.05) is 6.54 Å². The molecule has 0 aliphatic rings. The van der Waals surface area contributed by atoms with E-state index in [0.29, 0.717) is 18.5 Å². The second kappa shape index (κ2) is 6.34. The molecule has 0 amide bonds. The van der Waals surface area contributed by atoms with Crippen LogP contribution in [0.5, 0.6) is 0 Å². The predicted octanol–water partition coefficient (Wildman–Crippen LogP) is 2.15. The maximum atomic E-state index is 10.3. The van der Waals surface area contributed by atoms with E-state index in [2.05, 4.69) is 38.1 Å². The summed E-state index contributed by atoms with van der Waals surface area (Å²) < 4.78 is 1.93. The minimum absolute atomic E-state index is 0.367. The van der Waals surface area contributed by atoms with Crippen LogP contribution in [0.3, 0.4) is 0 Å². The molecular weight excluding hydrogens is 226 g/mol. The van der Waals surface area contributed by atoms with Gasteiger partial charge >= 0.3 is 0 Å². The fraction of sp³-hybridized carbons (Fsp3) is 0.786. The lowest BCUT2D eigenvalue weighted by Gasteiger charge is -2.23. The summed E-state index contributed by atoms with van der Waals surface area (Å²) in [6.45, 7) is 11.1. The number of aliphatic hydroxyl groups is 1. The monoisotopic (exact) mass is 253 g/mol. The van der Waals surface area contributed by atoms with Crippen LogP contribution < -0.4 is 5.32 Å². The Morgan fingerprint density at radius 2 is 2.06 bits per heavy atom. The normalized spacial score (nSPS) is 15.3. The zero-order valence-corrected chi connectivity index (χ0v) is 12.3. The van der Waals surface area contributed by atoms with Gasteiger partial charge in [0.05, 0.1) is 11.3 Å². The fourth-order valence-corrected chi connectivity index (χ4v) is 1.87. The average molecular weight is 253 g/mol. The number of hydrogen-bond donors (Lipinski definition) is 2. The highest BCUT2D eigenvalue weighted by atomic mass is 16.3. The van der Waals surface area contributed by atoms with Gasteiger partial charge in [-0.1, -0.05) is 13.8 Å². The van der Waals surface area contributed by atoms with Crippen molar-refractivity contribution < 1.29 is 5.11 Å².